The Morgan fingerprint density at radius 3 is 2.66 bits per heavy atom. The van der Waals surface area contributed by atoms with Crippen LogP contribution in [0.2, 0.25) is 0 Å². The first-order valence-electron chi connectivity index (χ1n) is 11.4. The highest BCUT2D eigenvalue weighted by Crippen LogP contribution is 2.34. The van der Waals surface area contributed by atoms with Gasteiger partial charge in [-0.2, -0.15) is 18.3 Å². The molecule has 0 unspecified atom stereocenters. The second-order valence-corrected chi connectivity index (χ2v) is 8.41. The quantitative estimate of drug-likeness (QED) is 0.420. The van der Waals surface area contributed by atoms with Crippen molar-refractivity contribution in [3.05, 3.63) is 66.0 Å². The van der Waals surface area contributed by atoms with E-state index in [1.165, 1.54) is 0 Å². The van der Waals surface area contributed by atoms with Crippen LogP contribution in [0.4, 0.5) is 13.2 Å². The summed E-state index contributed by atoms with van der Waals surface area (Å²) >= 11 is 0. The van der Waals surface area contributed by atoms with E-state index in [4.69, 9.17) is 4.74 Å². The minimum Gasteiger partial charge on any atom is -0.379 e. The molecule has 182 valence electrons. The number of morpholine rings is 1. The van der Waals surface area contributed by atoms with Gasteiger partial charge in [0.1, 0.15) is 5.56 Å². The van der Waals surface area contributed by atoms with E-state index < -0.39 is 17.8 Å². The standard InChI is InChI=1S/C25H24F3N5O2/c26-25(27,28)22-15-21(19-8-3-6-17-5-1-2-7-18(17)19)31-23-20(16-30-33(22)23)24(34)29-9-4-10-32-11-13-35-14-12-32/h1-3,5-8,15-16H,4,9-14H2,(H,29,34). The molecule has 0 saturated carbocycles. The van der Waals surface area contributed by atoms with Gasteiger partial charge in [0.25, 0.3) is 5.91 Å². The number of carbonyl (C=O) groups is 1. The largest absolute Gasteiger partial charge is 0.433 e. The lowest BCUT2D eigenvalue weighted by molar-refractivity contribution is -0.142. The fourth-order valence-electron chi connectivity index (χ4n) is 4.34. The minimum absolute atomic E-state index is 0.00367. The van der Waals surface area contributed by atoms with Gasteiger partial charge in [0, 0.05) is 25.2 Å². The topological polar surface area (TPSA) is 71.8 Å². The number of nitrogens with one attached hydrogen (secondary N) is 1. The molecule has 4 aromatic rings. The van der Waals surface area contributed by atoms with Gasteiger partial charge in [0.05, 0.1) is 25.1 Å². The van der Waals surface area contributed by atoms with Gasteiger partial charge < -0.3 is 10.1 Å². The van der Waals surface area contributed by atoms with Crippen molar-refractivity contribution in [3.63, 3.8) is 0 Å². The van der Waals surface area contributed by atoms with Gasteiger partial charge in [-0.15, -0.1) is 0 Å². The van der Waals surface area contributed by atoms with E-state index in [1.807, 2.05) is 30.3 Å². The van der Waals surface area contributed by atoms with E-state index >= 15 is 0 Å². The van der Waals surface area contributed by atoms with Crippen molar-refractivity contribution in [2.45, 2.75) is 12.6 Å². The van der Waals surface area contributed by atoms with Crippen molar-refractivity contribution in [3.8, 4) is 11.3 Å². The van der Waals surface area contributed by atoms with Crippen molar-refractivity contribution in [1.82, 2.24) is 24.8 Å². The number of carbonyl (C=O) groups excluding carboxylic acids is 1. The number of fused-ring (bicyclic) bond motifs is 2. The third kappa shape index (κ3) is 4.85. The summed E-state index contributed by atoms with van der Waals surface area (Å²) in [4.78, 5) is 19.6. The van der Waals surface area contributed by atoms with Crippen LogP contribution in [0, 0.1) is 0 Å². The van der Waals surface area contributed by atoms with E-state index in [-0.39, 0.29) is 16.9 Å². The summed E-state index contributed by atoms with van der Waals surface area (Å²) in [6.07, 6.45) is -2.83. The van der Waals surface area contributed by atoms with Crippen LogP contribution in [-0.4, -0.2) is 64.8 Å². The van der Waals surface area contributed by atoms with Gasteiger partial charge in [0.2, 0.25) is 0 Å². The number of hydrogen-bond acceptors (Lipinski definition) is 5. The molecule has 35 heavy (non-hydrogen) atoms. The van der Waals surface area contributed by atoms with E-state index in [0.29, 0.717) is 36.3 Å². The second kappa shape index (κ2) is 9.63. The molecule has 0 aliphatic carbocycles. The number of amides is 1. The van der Waals surface area contributed by atoms with E-state index in [0.717, 1.165) is 42.7 Å². The molecule has 1 fully saturated rings. The Hall–Kier alpha value is -3.50. The summed E-state index contributed by atoms with van der Waals surface area (Å²) in [7, 11) is 0. The van der Waals surface area contributed by atoms with Gasteiger partial charge in [-0.25, -0.2) is 9.50 Å². The van der Waals surface area contributed by atoms with Gasteiger partial charge in [-0.3, -0.25) is 9.69 Å². The van der Waals surface area contributed by atoms with Crippen molar-refractivity contribution in [1.29, 1.82) is 0 Å². The Balaban J connectivity index is 1.46. The maximum Gasteiger partial charge on any atom is 0.433 e. The summed E-state index contributed by atoms with van der Waals surface area (Å²) < 4.78 is 47.9. The lowest BCUT2D eigenvalue weighted by Gasteiger charge is -2.26. The van der Waals surface area contributed by atoms with Crippen molar-refractivity contribution in [2.24, 2.45) is 0 Å². The number of alkyl halides is 3. The van der Waals surface area contributed by atoms with Crippen LogP contribution < -0.4 is 5.32 Å². The predicted octanol–water partition coefficient (Wildman–Crippen LogP) is 4.02. The first-order chi connectivity index (χ1) is 16.9. The zero-order valence-corrected chi connectivity index (χ0v) is 18.9. The number of halogens is 3. The summed E-state index contributed by atoms with van der Waals surface area (Å²) in [5.41, 5.74) is -0.438. The Bertz CT molecular complexity index is 1360. The molecule has 1 aliphatic rings. The molecular weight excluding hydrogens is 459 g/mol. The van der Waals surface area contributed by atoms with Crippen LogP contribution in [0.1, 0.15) is 22.5 Å². The predicted molar refractivity (Wildman–Crippen MR) is 125 cm³/mol. The summed E-state index contributed by atoms with van der Waals surface area (Å²) in [5, 5.41) is 8.30. The van der Waals surface area contributed by atoms with Gasteiger partial charge >= 0.3 is 6.18 Å². The minimum atomic E-state index is -4.68. The highest BCUT2D eigenvalue weighted by atomic mass is 19.4. The number of hydrogen-bond donors (Lipinski definition) is 1. The molecule has 0 bridgehead atoms. The summed E-state index contributed by atoms with van der Waals surface area (Å²) in [6.45, 7) is 4.29. The van der Waals surface area contributed by atoms with Crippen LogP contribution in [0.15, 0.2) is 54.7 Å². The Kier molecular flexibility index (Phi) is 6.40. The summed E-state index contributed by atoms with van der Waals surface area (Å²) in [6, 6.07) is 13.8. The van der Waals surface area contributed by atoms with Crippen LogP contribution in [0.25, 0.3) is 27.7 Å². The van der Waals surface area contributed by atoms with Crippen molar-refractivity contribution < 1.29 is 22.7 Å². The van der Waals surface area contributed by atoms with Crippen LogP contribution in [0.5, 0.6) is 0 Å². The lowest BCUT2D eigenvalue weighted by Crippen LogP contribution is -2.38. The molecule has 1 N–H and O–H groups in total. The number of rotatable bonds is 6. The molecule has 0 spiro atoms. The number of ether oxygens (including phenoxy) is 1. The molecular formula is C25H24F3N5O2. The maximum absolute atomic E-state index is 14.0. The van der Waals surface area contributed by atoms with Crippen molar-refractivity contribution >= 4 is 22.3 Å². The fraction of sp³-hybridized carbons (Fsp3) is 0.320. The molecule has 7 nitrogen and oxygen atoms in total. The molecule has 2 aromatic heterocycles. The first kappa shape index (κ1) is 23.3. The number of aromatic nitrogens is 3. The Labute approximate surface area is 199 Å². The van der Waals surface area contributed by atoms with Crippen LogP contribution >= 0.6 is 0 Å². The van der Waals surface area contributed by atoms with Crippen LogP contribution in [0.3, 0.4) is 0 Å². The third-order valence-electron chi connectivity index (χ3n) is 6.11. The third-order valence-corrected chi connectivity index (χ3v) is 6.11. The monoisotopic (exact) mass is 483 g/mol. The maximum atomic E-state index is 14.0. The molecule has 1 aliphatic heterocycles. The highest BCUT2D eigenvalue weighted by molar-refractivity contribution is 6.00. The molecule has 1 saturated heterocycles. The van der Waals surface area contributed by atoms with Gasteiger partial charge in [-0.1, -0.05) is 42.5 Å². The fourth-order valence-corrected chi connectivity index (χ4v) is 4.34. The smallest absolute Gasteiger partial charge is 0.379 e. The number of nitrogens with zero attached hydrogens (tertiary/aromatic N) is 4. The molecule has 2 aromatic carbocycles. The Morgan fingerprint density at radius 2 is 1.86 bits per heavy atom. The zero-order valence-electron chi connectivity index (χ0n) is 18.9. The zero-order chi connectivity index (χ0) is 24.4. The highest BCUT2D eigenvalue weighted by Gasteiger charge is 2.36. The van der Waals surface area contributed by atoms with Gasteiger partial charge in [-0.05, 0) is 29.8 Å². The molecule has 0 radical (unpaired) electrons. The molecule has 3 heterocycles. The summed E-state index contributed by atoms with van der Waals surface area (Å²) in [5.74, 6) is -0.502. The van der Waals surface area contributed by atoms with Gasteiger partial charge in [0.15, 0.2) is 11.3 Å². The molecule has 5 rings (SSSR count). The average Bonchev–Trinajstić information content (AvgIpc) is 3.29. The Morgan fingerprint density at radius 1 is 1.09 bits per heavy atom. The second-order valence-electron chi connectivity index (χ2n) is 8.41. The average molecular weight is 483 g/mol. The first-order valence-corrected chi connectivity index (χ1v) is 11.4. The molecule has 1 amide bonds. The number of benzene rings is 2. The van der Waals surface area contributed by atoms with E-state index in [1.54, 1.807) is 12.1 Å². The van der Waals surface area contributed by atoms with E-state index in [9.17, 15) is 18.0 Å². The van der Waals surface area contributed by atoms with Crippen molar-refractivity contribution in [2.75, 3.05) is 39.4 Å². The van der Waals surface area contributed by atoms with Crippen LogP contribution in [-0.2, 0) is 10.9 Å². The normalized spacial score (nSPS) is 15.1. The SMILES string of the molecule is O=C(NCCCN1CCOCC1)c1cnn2c(C(F)(F)F)cc(-c3cccc4ccccc34)nc12. The lowest BCUT2D eigenvalue weighted by atomic mass is 10.0. The molecule has 0 atom stereocenters. The molecule has 10 heteroatoms. The van der Waals surface area contributed by atoms with E-state index in [2.05, 4.69) is 20.3 Å².